The zero-order valence-electron chi connectivity index (χ0n) is 16.3. The van der Waals surface area contributed by atoms with Gasteiger partial charge in [0.05, 0.1) is 0 Å². The van der Waals surface area contributed by atoms with Crippen LogP contribution in [0, 0.1) is 18.7 Å². The number of nitrogens with zero attached hydrogens (tertiary/aromatic N) is 1. The van der Waals surface area contributed by atoms with Crippen LogP contribution < -0.4 is 16.0 Å². The highest BCUT2D eigenvalue weighted by Gasteiger charge is 2.20. The van der Waals surface area contributed by atoms with Gasteiger partial charge in [0.25, 0.3) is 5.91 Å². The van der Waals surface area contributed by atoms with Crippen LogP contribution in [0.3, 0.4) is 0 Å². The van der Waals surface area contributed by atoms with Crippen LogP contribution in [0.4, 0.5) is 4.39 Å². The quantitative estimate of drug-likeness (QED) is 0.314. The molecule has 0 spiro atoms. The summed E-state index contributed by atoms with van der Waals surface area (Å²) in [4.78, 5) is 16.5. The predicted octanol–water partition coefficient (Wildman–Crippen LogP) is 2.24. The van der Waals surface area contributed by atoms with Gasteiger partial charge in [-0.25, -0.2) is 4.39 Å². The monoisotopic (exact) mass is 378 g/mol. The van der Waals surface area contributed by atoms with Crippen LogP contribution in [0.1, 0.15) is 42.1 Å². The van der Waals surface area contributed by atoms with E-state index in [-0.39, 0.29) is 11.7 Å². The van der Waals surface area contributed by atoms with Crippen molar-refractivity contribution in [1.29, 1.82) is 0 Å². The minimum Gasteiger partial charge on any atom is -0.381 e. The number of aryl methyl sites for hydroxylation is 1. The fourth-order valence-electron chi connectivity index (χ4n) is 2.43. The van der Waals surface area contributed by atoms with Gasteiger partial charge in [0.1, 0.15) is 5.82 Å². The molecule has 1 saturated carbocycles. The van der Waals surface area contributed by atoms with Crippen molar-refractivity contribution < 1.29 is 13.9 Å². The van der Waals surface area contributed by atoms with Gasteiger partial charge in [-0.3, -0.25) is 9.79 Å². The Kier molecular flexibility index (Phi) is 9.04. The first-order chi connectivity index (χ1) is 13.1. The highest BCUT2D eigenvalue weighted by Crippen LogP contribution is 2.28. The number of carbonyl (C=O) groups is 1. The van der Waals surface area contributed by atoms with Crippen LogP contribution in [0.25, 0.3) is 0 Å². The largest absolute Gasteiger partial charge is 0.381 e. The molecule has 0 aromatic heterocycles. The first kappa shape index (κ1) is 21.2. The van der Waals surface area contributed by atoms with Crippen LogP contribution in [0.5, 0.6) is 0 Å². The van der Waals surface area contributed by atoms with Gasteiger partial charge >= 0.3 is 0 Å². The molecule has 1 aliphatic rings. The van der Waals surface area contributed by atoms with Gasteiger partial charge in [-0.2, -0.15) is 0 Å². The van der Waals surface area contributed by atoms with Crippen molar-refractivity contribution in [2.45, 2.75) is 33.1 Å². The second kappa shape index (κ2) is 11.5. The van der Waals surface area contributed by atoms with E-state index < -0.39 is 0 Å². The van der Waals surface area contributed by atoms with E-state index in [0.717, 1.165) is 38.1 Å². The second-order valence-electron chi connectivity index (χ2n) is 6.78. The lowest BCUT2D eigenvalue weighted by Crippen LogP contribution is -2.41. The summed E-state index contributed by atoms with van der Waals surface area (Å²) in [6.45, 7) is 7.70. The van der Waals surface area contributed by atoms with Gasteiger partial charge in [-0.1, -0.05) is 6.07 Å². The highest BCUT2D eigenvalue weighted by molar-refractivity contribution is 5.94. The number of benzene rings is 1. The average molecular weight is 378 g/mol. The molecule has 1 aromatic carbocycles. The molecule has 0 aliphatic heterocycles. The molecule has 7 heteroatoms. The normalized spacial score (nSPS) is 14.1. The Labute approximate surface area is 161 Å². The molecule has 1 aliphatic carbocycles. The fraction of sp³-hybridized carbons (Fsp3) is 0.600. The fourth-order valence-corrected chi connectivity index (χ4v) is 2.43. The van der Waals surface area contributed by atoms with E-state index >= 15 is 0 Å². The van der Waals surface area contributed by atoms with Crippen molar-refractivity contribution in [2.24, 2.45) is 10.9 Å². The summed E-state index contributed by atoms with van der Waals surface area (Å²) in [6.07, 6.45) is 3.50. The third-order valence-electron chi connectivity index (χ3n) is 4.25. The standard InChI is InChI=1S/C20H31FN4O2/c1-3-22-20(24-9-4-12-27-14-16-6-7-16)25-11-10-23-19(26)17-8-5-15(2)18(21)13-17/h5,8,13,16H,3-4,6-7,9-12,14H2,1-2H3,(H,23,26)(H2,22,24,25). The predicted molar refractivity (Wildman–Crippen MR) is 106 cm³/mol. The lowest BCUT2D eigenvalue weighted by molar-refractivity contribution is 0.0954. The van der Waals surface area contributed by atoms with E-state index in [1.807, 2.05) is 6.92 Å². The number of amides is 1. The molecule has 0 radical (unpaired) electrons. The Morgan fingerprint density at radius 1 is 1.26 bits per heavy atom. The van der Waals surface area contributed by atoms with Crippen LogP contribution in [0.15, 0.2) is 23.2 Å². The Balaban J connectivity index is 1.62. The van der Waals surface area contributed by atoms with Gasteiger partial charge < -0.3 is 20.7 Å². The summed E-state index contributed by atoms with van der Waals surface area (Å²) >= 11 is 0. The second-order valence-corrected chi connectivity index (χ2v) is 6.78. The van der Waals surface area contributed by atoms with Crippen molar-refractivity contribution in [3.8, 4) is 0 Å². The van der Waals surface area contributed by atoms with E-state index in [1.54, 1.807) is 19.1 Å². The maximum atomic E-state index is 13.5. The zero-order chi connectivity index (χ0) is 19.5. The van der Waals surface area contributed by atoms with E-state index in [4.69, 9.17) is 4.74 Å². The maximum absolute atomic E-state index is 13.5. The number of hydrogen-bond donors (Lipinski definition) is 3. The number of nitrogens with one attached hydrogen (secondary N) is 3. The Morgan fingerprint density at radius 3 is 2.74 bits per heavy atom. The van der Waals surface area contributed by atoms with Crippen molar-refractivity contribution in [2.75, 3.05) is 39.4 Å². The van der Waals surface area contributed by atoms with Crippen molar-refractivity contribution in [3.63, 3.8) is 0 Å². The van der Waals surface area contributed by atoms with Gasteiger partial charge in [-0.15, -0.1) is 0 Å². The highest BCUT2D eigenvalue weighted by atomic mass is 19.1. The average Bonchev–Trinajstić information content (AvgIpc) is 3.47. The number of ether oxygens (including phenoxy) is 1. The van der Waals surface area contributed by atoms with Crippen LogP contribution in [-0.2, 0) is 4.74 Å². The van der Waals surface area contributed by atoms with E-state index in [0.29, 0.717) is 30.8 Å². The third kappa shape index (κ3) is 8.39. The molecular weight excluding hydrogens is 347 g/mol. The topological polar surface area (TPSA) is 74.8 Å². The molecule has 1 fully saturated rings. The molecule has 27 heavy (non-hydrogen) atoms. The Hall–Kier alpha value is -2.15. The molecule has 0 heterocycles. The first-order valence-electron chi connectivity index (χ1n) is 9.74. The smallest absolute Gasteiger partial charge is 0.251 e. The molecule has 0 atom stereocenters. The molecular formula is C20H31FN4O2. The number of rotatable bonds is 11. The summed E-state index contributed by atoms with van der Waals surface area (Å²) in [6, 6.07) is 4.49. The summed E-state index contributed by atoms with van der Waals surface area (Å²) in [5.74, 6) is 0.850. The van der Waals surface area contributed by atoms with E-state index in [2.05, 4.69) is 20.9 Å². The van der Waals surface area contributed by atoms with Crippen molar-refractivity contribution in [1.82, 2.24) is 16.0 Å². The lowest BCUT2D eigenvalue weighted by Gasteiger charge is -2.12. The molecule has 1 aromatic rings. The van der Waals surface area contributed by atoms with Crippen LogP contribution in [0.2, 0.25) is 0 Å². The van der Waals surface area contributed by atoms with Gasteiger partial charge in [0.2, 0.25) is 0 Å². The third-order valence-corrected chi connectivity index (χ3v) is 4.25. The number of hydrogen-bond acceptors (Lipinski definition) is 3. The molecule has 6 nitrogen and oxygen atoms in total. The minimum atomic E-state index is -0.372. The first-order valence-corrected chi connectivity index (χ1v) is 9.74. The Bertz CT molecular complexity index is 632. The maximum Gasteiger partial charge on any atom is 0.251 e. The van der Waals surface area contributed by atoms with E-state index in [9.17, 15) is 9.18 Å². The summed E-state index contributed by atoms with van der Waals surface area (Å²) in [5, 5.41) is 9.12. The number of guanidine groups is 1. The molecule has 0 unspecified atom stereocenters. The number of carbonyl (C=O) groups excluding carboxylic acids is 1. The van der Waals surface area contributed by atoms with Crippen molar-refractivity contribution in [3.05, 3.63) is 35.1 Å². The number of aliphatic imine (C=N–C) groups is 1. The molecule has 3 N–H and O–H groups in total. The Morgan fingerprint density at radius 2 is 2.04 bits per heavy atom. The molecule has 1 amide bonds. The van der Waals surface area contributed by atoms with Gasteiger partial charge in [0.15, 0.2) is 5.96 Å². The van der Waals surface area contributed by atoms with Crippen LogP contribution in [-0.4, -0.2) is 51.3 Å². The zero-order valence-corrected chi connectivity index (χ0v) is 16.3. The van der Waals surface area contributed by atoms with Crippen LogP contribution >= 0.6 is 0 Å². The van der Waals surface area contributed by atoms with Crippen molar-refractivity contribution >= 4 is 11.9 Å². The summed E-state index contributed by atoms with van der Waals surface area (Å²) < 4.78 is 19.1. The van der Waals surface area contributed by atoms with E-state index in [1.165, 1.54) is 18.9 Å². The molecule has 0 bridgehead atoms. The van der Waals surface area contributed by atoms with Gasteiger partial charge in [-0.05, 0) is 56.7 Å². The minimum absolute atomic E-state index is 0.287. The van der Waals surface area contributed by atoms with Gasteiger partial charge in [0, 0.05) is 45.0 Å². The molecule has 150 valence electrons. The lowest BCUT2D eigenvalue weighted by atomic mass is 10.1. The molecule has 0 saturated heterocycles. The summed E-state index contributed by atoms with van der Waals surface area (Å²) in [5.41, 5.74) is 0.850. The SMILES string of the molecule is CCNC(=NCCCOCC1CC1)NCCNC(=O)c1ccc(C)c(F)c1. The summed E-state index contributed by atoms with van der Waals surface area (Å²) in [7, 11) is 0. The number of halogens is 1. The molecule has 2 rings (SSSR count).